The summed E-state index contributed by atoms with van der Waals surface area (Å²) in [6.45, 7) is 0. The zero-order valence-corrected chi connectivity index (χ0v) is 15.6. The predicted molar refractivity (Wildman–Crippen MR) is 113 cm³/mol. The van der Waals surface area contributed by atoms with E-state index < -0.39 is 5.41 Å². The number of carbonyl (C=O) groups excluding carboxylic acids is 1. The Morgan fingerprint density at radius 2 is 2.00 bits per heavy atom. The van der Waals surface area contributed by atoms with Crippen LogP contribution in [-0.4, -0.2) is 20.7 Å². The summed E-state index contributed by atoms with van der Waals surface area (Å²) < 4.78 is 1.87. The average Bonchev–Trinajstić information content (AvgIpc) is 3.29. The minimum Gasteiger partial charge on any atom is -0.325 e. The first-order valence-electron chi connectivity index (χ1n) is 9.73. The minimum atomic E-state index is -0.418. The lowest BCUT2D eigenvalue weighted by Crippen LogP contribution is -2.20. The van der Waals surface area contributed by atoms with Crippen molar-refractivity contribution in [1.29, 1.82) is 0 Å². The third-order valence-corrected chi connectivity index (χ3v) is 6.12. The number of amides is 1. The number of nitrogens with one attached hydrogen (secondary N) is 1. The molecule has 2 atom stereocenters. The third-order valence-electron chi connectivity index (χ3n) is 6.12. The molecule has 2 aromatic heterocycles. The second-order valence-electron chi connectivity index (χ2n) is 7.71. The first-order chi connectivity index (χ1) is 14.3. The van der Waals surface area contributed by atoms with Gasteiger partial charge in [-0.25, -0.2) is 4.68 Å². The molecule has 0 saturated heterocycles. The van der Waals surface area contributed by atoms with Gasteiger partial charge in [0.2, 0.25) is 5.91 Å². The monoisotopic (exact) mass is 378 g/mol. The molecule has 2 aromatic carbocycles. The summed E-state index contributed by atoms with van der Waals surface area (Å²) in [4.78, 5) is 17.1. The molecule has 1 aliphatic heterocycles. The number of hydrogen-bond acceptors (Lipinski definition) is 3. The molecule has 1 saturated carbocycles. The minimum absolute atomic E-state index is 0.118. The van der Waals surface area contributed by atoms with Gasteiger partial charge < -0.3 is 5.32 Å². The predicted octanol–water partition coefficient (Wildman–Crippen LogP) is 4.44. The first-order valence-corrected chi connectivity index (χ1v) is 9.73. The molecule has 1 N–H and O–H groups in total. The van der Waals surface area contributed by atoms with Crippen molar-refractivity contribution in [2.75, 3.05) is 5.32 Å². The Balaban J connectivity index is 1.37. The molecule has 29 heavy (non-hydrogen) atoms. The maximum Gasteiger partial charge on any atom is 0.235 e. The fourth-order valence-corrected chi connectivity index (χ4v) is 4.56. The maximum atomic E-state index is 12.8. The Hall–Kier alpha value is -3.73. The molecule has 1 amide bonds. The van der Waals surface area contributed by atoms with Crippen LogP contribution in [0.15, 0.2) is 73.1 Å². The summed E-state index contributed by atoms with van der Waals surface area (Å²) >= 11 is 0. The molecular formula is C24H18N4O. The van der Waals surface area contributed by atoms with E-state index in [9.17, 15) is 4.79 Å². The molecule has 0 radical (unpaired) electrons. The highest BCUT2D eigenvalue weighted by Crippen LogP contribution is 2.64. The van der Waals surface area contributed by atoms with Crippen molar-refractivity contribution in [3.63, 3.8) is 0 Å². The lowest BCUT2D eigenvalue weighted by atomic mass is 9.92. The number of pyridine rings is 1. The Morgan fingerprint density at radius 1 is 1.10 bits per heavy atom. The SMILES string of the molecule is O=C1Nc2ccccc2[C@]12C[C@H]2c1ccc2cnn(C=Cc3ccccn3)c2c1. The molecule has 0 bridgehead atoms. The quantitative estimate of drug-likeness (QED) is 0.573. The highest BCUT2D eigenvalue weighted by molar-refractivity contribution is 6.09. The molecule has 140 valence electrons. The third kappa shape index (κ3) is 2.37. The molecule has 5 heteroatoms. The maximum absolute atomic E-state index is 12.8. The number of rotatable bonds is 3. The second-order valence-corrected chi connectivity index (χ2v) is 7.71. The van der Waals surface area contributed by atoms with Gasteiger partial charge in [0, 0.05) is 29.4 Å². The van der Waals surface area contributed by atoms with Crippen molar-refractivity contribution in [2.24, 2.45) is 0 Å². The number of hydrogen-bond donors (Lipinski definition) is 1. The molecule has 0 unspecified atom stereocenters. The van der Waals surface area contributed by atoms with Crippen LogP contribution in [0.25, 0.3) is 23.2 Å². The summed E-state index contributed by atoms with van der Waals surface area (Å²) in [5.41, 5.74) is 4.75. The van der Waals surface area contributed by atoms with Crippen LogP contribution in [0.1, 0.15) is 29.2 Å². The Labute approximate surface area is 167 Å². The van der Waals surface area contributed by atoms with E-state index in [2.05, 4.69) is 39.7 Å². The molecule has 2 aliphatic rings. The fourth-order valence-electron chi connectivity index (χ4n) is 4.56. The highest BCUT2D eigenvalue weighted by Gasteiger charge is 2.65. The Kier molecular flexibility index (Phi) is 3.29. The van der Waals surface area contributed by atoms with E-state index in [0.717, 1.165) is 34.3 Å². The summed E-state index contributed by atoms with van der Waals surface area (Å²) in [5, 5.41) is 8.63. The zero-order valence-electron chi connectivity index (χ0n) is 15.6. The van der Waals surface area contributed by atoms with E-state index in [-0.39, 0.29) is 11.8 Å². The van der Waals surface area contributed by atoms with Crippen molar-refractivity contribution in [3.05, 3.63) is 89.9 Å². The number of benzene rings is 2. The molecule has 4 aromatic rings. The van der Waals surface area contributed by atoms with Gasteiger partial charge in [-0.05, 0) is 47.9 Å². The summed E-state index contributed by atoms with van der Waals surface area (Å²) in [6, 6.07) is 20.2. The number of fused-ring (bicyclic) bond motifs is 3. The molecular weight excluding hydrogens is 360 g/mol. The van der Waals surface area contributed by atoms with Crippen molar-refractivity contribution >= 4 is 34.8 Å². The van der Waals surface area contributed by atoms with Crippen molar-refractivity contribution in [1.82, 2.24) is 14.8 Å². The largest absolute Gasteiger partial charge is 0.325 e. The van der Waals surface area contributed by atoms with E-state index in [4.69, 9.17) is 0 Å². The van der Waals surface area contributed by atoms with E-state index in [1.165, 1.54) is 5.56 Å². The molecule has 1 aliphatic carbocycles. The van der Waals surface area contributed by atoms with E-state index >= 15 is 0 Å². The van der Waals surface area contributed by atoms with E-state index in [1.807, 2.05) is 59.6 Å². The van der Waals surface area contributed by atoms with Crippen LogP contribution >= 0.6 is 0 Å². The van der Waals surface area contributed by atoms with Gasteiger partial charge in [0.1, 0.15) is 0 Å². The second kappa shape index (κ2) is 5.88. The van der Waals surface area contributed by atoms with Gasteiger partial charge in [-0.15, -0.1) is 0 Å². The van der Waals surface area contributed by atoms with Gasteiger partial charge in [-0.1, -0.05) is 36.4 Å². The summed E-state index contributed by atoms with van der Waals surface area (Å²) in [7, 11) is 0. The average molecular weight is 378 g/mol. The first kappa shape index (κ1) is 16.2. The van der Waals surface area contributed by atoms with Crippen molar-refractivity contribution < 1.29 is 4.79 Å². The normalized spacial score (nSPS) is 22.3. The lowest BCUT2D eigenvalue weighted by molar-refractivity contribution is -0.118. The van der Waals surface area contributed by atoms with Gasteiger partial charge in [-0.2, -0.15) is 5.10 Å². The van der Waals surface area contributed by atoms with Crippen molar-refractivity contribution in [2.45, 2.75) is 17.8 Å². The fraction of sp³-hybridized carbons (Fsp3) is 0.125. The van der Waals surface area contributed by atoms with Gasteiger partial charge >= 0.3 is 0 Å². The zero-order chi connectivity index (χ0) is 19.4. The van der Waals surface area contributed by atoms with Crippen molar-refractivity contribution in [3.8, 4) is 0 Å². The molecule has 1 fully saturated rings. The van der Waals surface area contributed by atoms with E-state index in [1.54, 1.807) is 6.20 Å². The lowest BCUT2D eigenvalue weighted by Gasteiger charge is -2.09. The molecule has 5 nitrogen and oxygen atoms in total. The number of carbonyl (C=O) groups is 1. The van der Waals surface area contributed by atoms with Gasteiger partial charge in [0.05, 0.1) is 22.8 Å². The highest BCUT2D eigenvalue weighted by atomic mass is 16.2. The number of aromatic nitrogens is 3. The van der Waals surface area contributed by atoms with Gasteiger partial charge in [0.25, 0.3) is 0 Å². The van der Waals surface area contributed by atoms with Crippen LogP contribution in [-0.2, 0) is 10.2 Å². The summed E-state index contributed by atoms with van der Waals surface area (Å²) in [5.74, 6) is 0.311. The van der Waals surface area contributed by atoms with Crippen LogP contribution in [0.4, 0.5) is 5.69 Å². The number of para-hydroxylation sites is 1. The van der Waals surface area contributed by atoms with Crippen LogP contribution in [0.5, 0.6) is 0 Å². The van der Waals surface area contributed by atoms with E-state index in [0.29, 0.717) is 0 Å². The van der Waals surface area contributed by atoms with Crippen LogP contribution in [0.3, 0.4) is 0 Å². The Bertz CT molecular complexity index is 1290. The summed E-state index contributed by atoms with van der Waals surface area (Å²) in [6.07, 6.45) is 8.35. The van der Waals surface area contributed by atoms with Crippen LogP contribution < -0.4 is 5.32 Å². The Morgan fingerprint density at radius 3 is 2.90 bits per heavy atom. The molecule has 6 rings (SSSR count). The number of nitrogens with zero attached hydrogens (tertiary/aromatic N) is 3. The van der Waals surface area contributed by atoms with Gasteiger partial charge in [0.15, 0.2) is 0 Å². The smallest absolute Gasteiger partial charge is 0.235 e. The van der Waals surface area contributed by atoms with Gasteiger partial charge in [-0.3, -0.25) is 9.78 Å². The number of anilines is 1. The molecule has 1 spiro atoms. The topological polar surface area (TPSA) is 59.8 Å². The van der Waals surface area contributed by atoms with Crippen LogP contribution in [0, 0.1) is 0 Å². The van der Waals surface area contributed by atoms with Crippen LogP contribution in [0.2, 0.25) is 0 Å². The molecule has 3 heterocycles. The standard InChI is InChI=1S/C24H18N4O/c29-23-24(19-6-1-2-7-21(19)27-23)14-20(24)16-8-9-17-15-26-28(22(17)13-16)12-10-18-5-3-4-11-25-18/h1-13,15,20H,14H2,(H,27,29)/t20-,24-/m0/s1.